The van der Waals surface area contributed by atoms with E-state index in [0.717, 1.165) is 16.9 Å². The number of aryl methyl sites for hydroxylation is 1. The predicted molar refractivity (Wildman–Crippen MR) is 78.2 cm³/mol. The van der Waals surface area contributed by atoms with Crippen molar-refractivity contribution in [1.29, 1.82) is 0 Å². The Morgan fingerprint density at radius 3 is 2.42 bits per heavy atom. The van der Waals surface area contributed by atoms with E-state index in [1.165, 1.54) is 17.7 Å². The van der Waals surface area contributed by atoms with Gasteiger partial charge in [-0.15, -0.1) is 0 Å². The fraction of sp³-hybridized carbons (Fsp3) is 0.250. The highest BCUT2D eigenvalue weighted by atomic mass is 19.1. The van der Waals surface area contributed by atoms with E-state index in [9.17, 15) is 4.39 Å². The van der Waals surface area contributed by atoms with Gasteiger partial charge in [-0.05, 0) is 49.2 Å². The normalized spacial score (nSPS) is 12.3. The van der Waals surface area contributed by atoms with Gasteiger partial charge in [-0.25, -0.2) is 4.39 Å². The molecule has 3 heteroatoms. The molecule has 0 amide bonds. The first-order valence-corrected chi connectivity index (χ1v) is 6.35. The molecular weight excluding hydrogens is 239 g/mol. The lowest BCUT2D eigenvalue weighted by Gasteiger charge is -2.25. The van der Waals surface area contributed by atoms with Gasteiger partial charge in [-0.1, -0.05) is 18.2 Å². The maximum Gasteiger partial charge on any atom is 0.123 e. The zero-order chi connectivity index (χ0) is 14.0. The molecule has 2 nitrogen and oxygen atoms in total. The first kappa shape index (κ1) is 13.6. The van der Waals surface area contributed by atoms with E-state index in [-0.39, 0.29) is 11.9 Å². The quantitative estimate of drug-likeness (QED) is 0.904. The summed E-state index contributed by atoms with van der Waals surface area (Å²) >= 11 is 0. The van der Waals surface area contributed by atoms with Crippen LogP contribution in [-0.2, 0) is 0 Å². The lowest BCUT2D eigenvalue weighted by Crippen LogP contribution is -2.16. The van der Waals surface area contributed by atoms with Gasteiger partial charge in [0.15, 0.2) is 0 Å². The summed E-state index contributed by atoms with van der Waals surface area (Å²) in [5, 5.41) is 0. The molecule has 2 rings (SSSR count). The minimum atomic E-state index is -0.255. The molecule has 1 atom stereocenters. The van der Waals surface area contributed by atoms with Gasteiger partial charge in [0.2, 0.25) is 0 Å². The van der Waals surface area contributed by atoms with Gasteiger partial charge < -0.3 is 10.6 Å². The molecule has 0 aliphatic carbocycles. The second kappa shape index (κ2) is 5.41. The Kier molecular flexibility index (Phi) is 3.86. The molecule has 2 aromatic rings. The van der Waals surface area contributed by atoms with Crippen molar-refractivity contribution in [1.82, 2.24) is 0 Å². The number of hydrogen-bond donors (Lipinski definition) is 1. The number of nitrogens with zero attached hydrogens (tertiary/aromatic N) is 1. The summed E-state index contributed by atoms with van der Waals surface area (Å²) in [6, 6.07) is 12.6. The van der Waals surface area contributed by atoms with Gasteiger partial charge in [0.1, 0.15) is 5.82 Å². The van der Waals surface area contributed by atoms with Crippen LogP contribution in [-0.4, -0.2) is 7.05 Å². The molecule has 0 unspecified atom stereocenters. The van der Waals surface area contributed by atoms with Gasteiger partial charge in [0.05, 0.1) is 0 Å². The van der Waals surface area contributed by atoms with E-state index >= 15 is 0 Å². The highest BCUT2D eigenvalue weighted by molar-refractivity contribution is 5.68. The van der Waals surface area contributed by atoms with Gasteiger partial charge in [0, 0.05) is 24.5 Å². The van der Waals surface area contributed by atoms with Gasteiger partial charge in [0.25, 0.3) is 0 Å². The van der Waals surface area contributed by atoms with Crippen molar-refractivity contribution < 1.29 is 4.39 Å². The molecule has 100 valence electrons. The number of halogens is 1. The summed E-state index contributed by atoms with van der Waals surface area (Å²) in [6.45, 7) is 3.92. The van der Waals surface area contributed by atoms with Gasteiger partial charge in [-0.2, -0.15) is 0 Å². The Morgan fingerprint density at radius 2 is 1.79 bits per heavy atom. The van der Waals surface area contributed by atoms with Crippen LogP contribution in [0.4, 0.5) is 15.8 Å². The summed E-state index contributed by atoms with van der Waals surface area (Å²) in [5.41, 5.74) is 9.96. The third kappa shape index (κ3) is 2.76. The summed E-state index contributed by atoms with van der Waals surface area (Å²) in [6.07, 6.45) is 0. The van der Waals surface area contributed by atoms with E-state index in [0.29, 0.717) is 0 Å². The Balaban J connectivity index is 2.50. The Bertz CT molecular complexity index is 579. The van der Waals surface area contributed by atoms with E-state index in [4.69, 9.17) is 5.73 Å². The van der Waals surface area contributed by atoms with Crippen molar-refractivity contribution in [3.05, 3.63) is 59.4 Å². The third-order valence-electron chi connectivity index (χ3n) is 3.32. The maximum absolute atomic E-state index is 13.4. The number of hydrogen-bond acceptors (Lipinski definition) is 2. The van der Waals surface area contributed by atoms with Crippen molar-refractivity contribution in [2.24, 2.45) is 5.73 Å². The minimum Gasteiger partial charge on any atom is -0.344 e. The highest BCUT2D eigenvalue weighted by Crippen LogP contribution is 2.32. The first-order valence-electron chi connectivity index (χ1n) is 6.35. The molecule has 0 aliphatic heterocycles. The topological polar surface area (TPSA) is 29.3 Å². The number of nitrogens with two attached hydrogens (primary N) is 1. The first-order chi connectivity index (χ1) is 9.00. The van der Waals surface area contributed by atoms with Crippen LogP contribution in [0.25, 0.3) is 0 Å². The van der Waals surface area contributed by atoms with Crippen molar-refractivity contribution >= 4 is 11.4 Å². The van der Waals surface area contributed by atoms with Crippen molar-refractivity contribution in [2.45, 2.75) is 19.9 Å². The van der Waals surface area contributed by atoms with Crippen molar-refractivity contribution in [2.75, 3.05) is 11.9 Å². The highest BCUT2D eigenvalue weighted by Gasteiger charge is 2.14. The minimum absolute atomic E-state index is 0.211. The predicted octanol–water partition coefficient (Wildman–Crippen LogP) is 3.92. The van der Waals surface area contributed by atoms with E-state index in [1.807, 2.05) is 37.1 Å². The third-order valence-corrected chi connectivity index (χ3v) is 3.32. The van der Waals surface area contributed by atoms with Crippen molar-refractivity contribution in [3.8, 4) is 0 Å². The lowest BCUT2D eigenvalue weighted by molar-refractivity contribution is 0.622. The largest absolute Gasteiger partial charge is 0.344 e. The fourth-order valence-corrected chi connectivity index (χ4v) is 2.27. The molecule has 2 N–H and O–H groups in total. The molecule has 2 aromatic carbocycles. The second-order valence-electron chi connectivity index (χ2n) is 4.84. The molecule has 19 heavy (non-hydrogen) atoms. The van der Waals surface area contributed by atoms with E-state index in [2.05, 4.69) is 13.0 Å². The fourth-order valence-electron chi connectivity index (χ4n) is 2.27. The maximum atomic E-state index is 13.4. The second-order valence-corrected chi connectivity index (χ2v) is 4.84. The molecule has 0 spiro atoms. The van der Waals surface area contributed by atoms with Crippen LogP contribution in [0.15, 0.2) is 42.5 Å². The standard InChI is InChI=1S/C16H19FN2/c1-11-6-4-5-7-15(11)19(3)16-9-8-13(17)10-14(16)12(2)18/h4-10,12H,18H2,1-3H3/t12-/m1/s1. The Labute approximate surface area is 113 Å². The molecule has 0 radical (unpaired) electrons. The summed E-state index contributed by atoms with van der Waals surface area (Å²) < 4.78 is 13.4. The summed E-state index contributed by atoms with van der Waals surface area (Å²) in [4.78, 5) is 2.05. The molecular formula is C16H19FN2. The zero-order valence-corrected chi connectivity index (χ0v) is 11.5. The molecule has 0 saturated carbocycles. The van der Waals surface area contributed by atoms with Crippen LogP contribution in [0.2, 0.25) is 0 Å². The molecule has 0 aliphatic rings. The van der Waals surface area contributed by atoms with Crippen LogP contribution in [0, 0.1) is 12.7 Å². The number of rotatable bonds is 3. The lowest BCUT2D eigenvalue weighted by atomic mass is 10.0. The molecule has 0 bridgehead atoms. The molecule has 0 fully saturated rings. The SMILES string of the molecule is Cc1ccccc1N(C)c1ccc(F)cc1[C@@H](C)N. The summed E-state index contributed by atoms with van der Waals surface area (Å²) in [5.74, 6) is -0.255. The van der Waals surface area contributed by atoms with Crippen LogP contribution in [0.1, 0.15) is 24.1 Å². The molecule has 0 saturated heterocycles. The van der Waals surface area contributed by atoms with E-state index in [1.54, 1.807) is 6.07 Å². The van der Waals surface area contributed by atoms with Gasteiger partial charge >= 0.3 is 0 Å². The Hall–Kier alpha value is -1.87. The molecule has 0 aromatic heterocycles. The van der Waals surface area contributed by atoms with E-state index < -0.39 is 0 Å². The average Bonchev–Trinajstić information content (AvgIpc) is 2.38. The monoisotopic (exact) mass is 258 g/mol. The van der Waals surface area contributed by atoms with Crippen LogP contribution in [0.3, 0.4) is 0 Å². The smallest absolute Gasteiger partial charge is 0.123 e. The average molecular weight is 258 g/mol. The van der Waals surface area contributed by atoms with Crippen molar-refractivity contribution in [3.63, 3.8) is 0 Å². The van der Waals surface area contributed by atoms with Crippen LogP contribution in [0.5, 0.6) is 0 Å². The number of anilines is 2. The summed E-state index contributed by atoms with van der Waals surface area (Å²) in [7, 11) is 1.97. The van der Waals surface area contributed by atoms with Gasteiger partial charge in [-0.3, -0.25) is 0 Å². The zero-order valence-electron chi connectivity index (χ0n) is 11.5. The van der Waals surface area contributed by atoms with Crippen LogP contribution >= 0.6 is 0 Å². The molecule has 0 heterocycles. The number of benzene rings is 2. The Morgan fingerprint density at radius 1 is 1.11 bits per heavy atom. The van der Waals surface area contributed by atoms with Crippen LogP contribution < -0.4 is 10.6 Å². The number of para-hydroxylation sites is 1.